The Morgan fingerprint density at radius 2 is 2.25 bits per heavy atom. The van der Waals surface area contributed by atoms with Gasteiger partial charge in [0.1, 0.15) is 0 Å². The second-order valence-corrected chi connectivity index (χ2v) is 6.61. The summed E-state index contributed by atoms with van der Waals surface area (Å²) in [5.41, 5.74) is 4.54. The van der Waals surface area contributed by atoms with E-state index in [2.05, 4.69) is 26.0 Å². The van der Waals surface area contributed by atoms with E-state index in [1.165, 1.54) is 5.56 Å². The number of aromatic amines is 1. The summed E-state index contributed by atoms with van der Waals surface area (Å²) in [5, 5.41) is 3.26. The standard InChI is InChI=1S/C18H21N5O/c1-12-13(2)20-17-8-16(21-23(17)18(12)24)15-5-7-22(11-15)10-14-4-3-6-19-9-14/h3-4,6,8-9,15,21H,5,7,10-11H2,1-2H3/t15-/m0/s1. The highest BCUT2D eigenvalue weighted by Crippen LogP contribution is 2.27. The normalized spacial score (nSPS) is 18.5. The van der Waals surface area contributed by atoms with Gasteiger partial charge in [-0.3, -0.25) is 19.8 Å². The van der Waals surface area contributed by atoms with Gasteiger partial charge in [-0.15, -0.1) is 0 Å². The van der Waals surface area contributed by atoms with Crippen LogP contribution in [0.2, 0.25) is 0 Å². The van der Waals surface area contributed by atoms with Crippen LogP contribution in [0.5, 0.6) is 0 Å². The molecule has 0 bridgehead atoms. The van der Waals surface area contributed by atoms with Crippen molar-refractivity contribution in [2.75, 3.05) is 13.1 Å². The van der Waals surface area contributed by atoms with Gasteiger partial charge in [0.25, 0.3) is 5.56 Å². The summed E-state index contributed by atoms with van der Waals surface area (Å²) in [4.78, 5) is 23.5. The number of likely N-dealkylation sites (tertiary alicyclic amines) is 1. The SMILES string of the molecule is Cc1nc2cc([C@H]3CCN(Cc4cccnc4)C3)[nH]n2c(=O)c1C. The molecule has 3 aromatic heterocycles. The van der Waals surface area contributed by atoms with E-state index >= 15 is 0 Å². The lowest BCUT2D eigenvalue weighted by molar-refractivity contribution is 0.326. The zero-order chi connectivity index (χ0) is 16.7. The van der Waals surface area contributed by atoms with Crippen LogP contribution in [0.1, 0.15) is 34.9 Å². The summed E-state index contributed by atoms with van der Waals surface area (Å²) in [5.74, 6) is 0.406. The summed E-state index contributed by atoms with van der Waals surface area (Å²) in [6, 6.07) is 6.10. The summed E-state index contributed by atoms with van der Waals surface area (Å²) >= 11 is 0. The molecule has 0 unspecified atom stereocenters. The molecule has 0 radical (unpaired) electrons. The first-order chi connectivity index (χ1) is 11.6. The average molecular weight is 323 g/mol. The molecule has 4 heterocycles. The highest BCUT2D eigenvalue weighted by Gasteiger charge is 2.26. The fourth-order valence-corrected chi connectivity index (χ4v) is 3.43. The predicted octanol–water partition coefficient (Wildman–Crippen LogP) is 2.02. The van der Waals surface area contributed by atoms with Crippen molar-refractivity contribution < 1.29 is 0 Å². The molecule has 1 fully saturated rings. The number of rotatable bonds is 3. The number of aromatic nitrogens is 4. The monoisotopic (exact) mass is 323 g/mol. The second kappa shape index (κ2) is 5.87. The number of nitrogens with one attached hydrogen (secondary N) is 1. The lowest BCUT2D eigenvalue weighted by Gasteiger charge is -2.15. The van der Waals surface area contributed by atoms with Crippen LogP contribution in [-0.4, -0.2) is 37.6 Å². The summed E-state index contributed by atoms with van der Waals surface area (Å²) < 4.78 is 1.57. The first kappa shape index (κ1) is 15.1. The minimum atomic E-state index is -0.00559. The minimum Gasteiger partial charge on any atom is -0.298 e. The highest BCUT2D eigenvalue weighted by molar-refractivity contribution is 5.42. The molecule has 124 valence electrons. The zero-order valence-electron chi connectivity index (χ0n) is 14.0. The topological polar surface area (TPSA) is 66.3 Å². The second-order valence-electron chi connectivity index (χ2n) is 6.61. The number of nitrogens with zero attached hydrogens (tertiary/aromatic N) is 4. The third kappa shape index (κ3) is 2.63. The Balaban J connectivity index is 1.56. The number of H-pyrrole nitrogens is 1. The van der Waals surface area contributed by atoms with E-state index in [-0.39, 0.29) is 5.56 Å². The summed E-state index contributed by atoms with van der Waals surface area (Å²) in [6.45, 7) is 6.65. The van der Waals surface area contributed by atoms with Crippen LogP contribution >= 0.6 is 0 Å². The maximum Gasteiger partial charge on any atom is 0.275 e. The van der Waals surface area contributed by atoms with Crippen molar-refractivity contribution in [2.45, 2.75) is 32.7 Å². The average Bonchev–Trinajstić information content (AvgIpc) is 3.20. The van der Waals surface area contributed by atoms with E-state index in [1.54, 1.807) is 10.7 Å². The van der Waals surface area contributed by atoms with Crippen LogP contribution in [0.3, 0.4) is 0 Å². The van der Waals surface area contributed by atoms with Crippen molar-refractivity contribution in [3.63, 3.8) is 0 Å². The Kier molecular flexibility index (Phi) is 3.69. The highest BCUT2D eigenvalue weighted by atomic mass is 16.1. The molecule has 1 N–H and O–H groups in total. The maximum atomic E-state index is 12.4. The van der Waals surface area contributed by atoms with E-state index in [9.17, 15) is 4.79 Å². The molecule has 0 saturated carbocycles. The molecule has 3 aromatic rings. The first-order valence-electron chi connectivity index (χ1n) is 8.32. The molecule has 6 nitrogen and oxygen atoms in total. The molecule has 4 rings (SSSR count). The Labute approximate surface area is 140 Å². The molecule has 0 spiro atoms. The van der Waals surface area contributed by atoms with Gasteiger partial charge in [-0.2, -0.15) is 0 Å². The van der Waals surface area contributed by atoms with E-state index in [1.807, 2.05) is 32.2 Å². The molecule has 1 aliphatic heterocycles. The lowest BCUT2D eigenvalue weighted by atomic mass is 10.1. The molecule has 24 heavy (non-hydrogen) atoms. The Morgan fingerprint density at radius 3 is 3.04 bits per heavy atom. The van der Waals surface area contributed by atoms with Gasteiger partial charge >= 0.3 is 0 Å². The molecule has 0 aliphatic carbocycles. The smallest absolute Gasteiger partial charge is 0.275 e. The summed E-state index contributed by atoms with van der Waals surface area (Å²) in [7, 11) is 0. The fourth-order valence-electron chi connectivity index (χ4n) is 3.43. The number of hydrogen-bond acceptors (Lipinski definition) is 4. The van der Waals surface area contributed by atoms with Gasteiger partial charge in [0.05, 0.1) is 0 Å². The minimum absolute atomic E-state index is 0.00559. The molecule has 0 amide bonds. The lowest BCUT2D eigenvalue weighted by Crippen LogP contribution is -2.20. The van der Waals surface area contributed by atoms with Crippen LogP contribution in [-0.2, 0) is 6.54 Å². The van der Waals surface area contributed by atoms with Gasteiger partial charge in [0.2, 0.25) is 0 Å². The zero-order valence-corrected chi connectivity index (χ0v) is 14.0. The molecular formula is C18H21N5O. The van der Waals surface area contributed by atoms with Crippen LogP contribution < -0.4 is 5.56 Å². The third-order valence-electron chi connectivity index (χ3n) is 4.94. The van der Waals surface area contributed by atoms with Gasteiger partial charge in [0.15, 0.2) is 5.65 Å². The van der Waals surface area contributed by atoms with Gasteiger partial charge < -0.3 is 0 Å². The van der Waals surface area contributed by atoms with Crippen molar-refractivity contribution in [3.8, 4) is 0 Å². The Hall–Kier alpha value is -2.47. The van der Waals surface area contributed by atoms with Crippen LogP contribution in [0, 0.1) is 13.8 Å². The number of aryl methyl sites for hydroxylation is 1. The quantitative estimate of drug-likeness (QED) is 0.801. The van der Waals surface area contributed by atoms with Gasteiger partial charge in [-0.1, -0.05) is 6.07 Å². The summed E-state index contributed by atoms with van der Waals surface area (Å²) in [6.07, 6.45) is 4.81. The molecule has 1 aliphatic rings. The third-order valence-corrected chi connectivity index (χ3v) is 4.94. The van der Waals surface area contributed by atoms with Gasteiger partial charge in [0, 0.05) is 54.4 Å². The van der Waals surface area contributed by atoms with E-state index in [0.717, 1.165) is 37.4 Å². The van der Waals surface area contributed by atoms with Crippen molar-refractivity contribution in [2.24, 2.45) is 0 Å². The van der Waals surface area contributed by atoms with Crippen LogP contribution in [0.25, 0.3) is 5.65 Å². The first-order valence-corrected chi connectivity index (χ1v) is 8.32. The maximum absolute atomic E-state index is 12.4. The van der Waals surface area contributed by atoms with Crippen molar-refractivity contribution >= 4 is 5.65 Å². The van der Waals surface area contributed by atoms with Crippen molar-refractivity contribution in [3.05, 3.63) is 63.5 Å². The molecule has 0 aromatic carbocycles. The fraction of sp³-hybridized carbons (Fsp3) is 0.389. The van der Waals surface area contributed by atoms with Crippen LogP contribution in [0.4, 0.5) is 0 Å². The molecular weight excluding hydrogens is 302 g/mol. The van der Waals surface area contributed by atoms with Gasteiger partial charge in [-0.05, 0) is 38.4 Å². The molecule has 1 atom stereocenters. The largest absolute Gasteiger partial charge is 0.298 e. The van der Waals surface area contributed by atoms with Crippen molar-refractivity contribution in [1.82, 2.24) is 24.5 Å². The van der Waals surface area contributed by atoms with E-state index in [4.69, 9.17) is 0 Å². The number of hydrogen-bond donors (Lipinski definition) is 1. The predicted molar refractivity (Wildman–Crippen MR) is 92.2 cm³/mol. The van der Waals surface area contributed by atoms with Crippen LogP contribution in [0.15, 0.2) is 35.4 Å². The number of fused-ring (bicyclic) bond motifs is 1. The molecule has 6 heteroatoms. The van der Waals surface area contributed by atoms with Gasteiger partial charge in [-0.25, -0.2) is 9.50 Å². The number of pyridine rings is 1. The molecule has 1 saturated heterocycles. The van der Waals surface area contributed by atoms with E-state index in [0.29, 0.717) is 17.1 Å². The van der Waals surface area contributed by atoms with Crippen molar-refractivity contribution in [1.29, 1.82) is 0 Å². The van der Waals surface area contributed by atoms with E-state index < -0.39 is 0 Å². The Bertz CT molecular complexity index is 928. The Morgan fingerprint density at radius 1 is 1.38 bits per heavy atom.